The van der Waals surface area contributed by atoms with Crippen molar-refractivity contribution in [2.24, 2.45) is 0 Å². The van der Waals surface area contributed by atoms with E-state index >= 15 is 0 Å². The van der Waals surface area contributed by atoms with Crippen LogP contribution in [0.15, 0.2) is 22.4 Å². The summed E-state index contributed by atoms with van der Waals surface area (Å²) in [5.74, 6) is -0.509. The summed E-state index contributed by atoms with van der Waals surface area (Å²) in [7, 11) is 0. The Morgan fingerprint density at radius 2 is 2.35 bits per heavy atom. The van der Waals surface area contributed by atoms with Gasteiger partial charge in [0.05, 0.1) is 11.4 Å². The summed E-state index contributed by atoms with van der Waals surface area (Å²) in [6.45, 7) is 1.63. The molecule has 0 aliphatic rings. The monoisotopic (exact) mass is 308 g/mol. The van der Waals surface area contributed by atoms with Gasteiger partial charge in [-0.15, -0.1) is 16.4 Å². The van der Waals surface area contributed by atoms with Gasteiger partial charge in [-0.1, -0.05) is 4.49 Å². The van der Waals surface area contributed by atoms with Gasteiger partial charge >= 0.3 is 5.97 Å². The molecule has 0 aliphatic carbocycles. The number of hydrogen-bond acceptors (Lipinski definition) is 8. The second-order valence-electron chi connectivity index (χ2n) is 3.90. The van der Waals surface area contributed by atoms with Gasteiger partial charge in [0.1, 0.15) is 6.61 Å². The van der Waals surface area contributed by atoms with Crippen LogP contribution in [0.5, 0.6) is 0 Å². The van der Waals surface area contributed by atoms with E-state index in [2.05, 4.69) is 14.6 Å². The SMILES string of the molecule is Cc1nnsc1C(=O)OCc1cc(=O)n2ccsc2n1. The lowest BCUT2D eigenvalue weighted by atomic mass is 10.4. The van der Waals surface area contributed by atoms with Crippen LogP contribution >= 0.6 is 22.9 Å². The fourth-order valence-corrected chi connectivity index (χ4v) is 2.88. The van der Waals surface area contributed by atoms with E-state index in [0.717, 1.165) is 11.5 Å². The van der Waals surface area contributed by atoms with E-state index in [1.807, 2.05) is 0 Å². The van der Waals surface area contributed by atoms with Gasteiger partial charge in [-0.05, 0) is 18.5 Å². The van der Waals surface area contributed by atoms with Crippen LogP contribution in [-0.4, -0.2) is 24.9 Å². The molecule has 0 atom stereocenters. The standard InChI is InChI=1S/C11H8N4O3S2/c1-6-9(20-14-13-6)10(17)18-5-7-4-8(16)15-2-3-19-11(15)12-7/h2-4H,5H2,1H3. The van der Waals surface area contributed by atoms with Gasteiger partial charge in [-0.3, -0.25) is 9.20 Å². The Morgan fingerprint density at radius 1 is 1.50 bits per heavy atom. The van der Waals surface area contributed by atoms with Gasteiger partial charge in [-0.2, -0.15) is 0 Å². The first-order valence-corrected chi connectivity index (χ1v) is 7.22. The number of carbonyl (C=O) groups is 1. The van der Waals surface area contributed by atoms with E-state index in [1.165, 1.54) is 21.8 Å². The lowest BCUT2D eigenvalue weighted by Gasteiger charge is -2.03. The third-order valence-electron chi connectivity index (χ3n) is 2.54. The van der Waals surface area contributed by atoms with Crippen LogP contribution in [0.2, 0.25) is 0 Å². The first kappa shape index (κ1) is 12.9. The van der Waals surface area contributed by atoms with Crippen molar-refractivity contribution in [3.05, 3.63) is 44.3 Å². The highest BCUT2D eigenvalue weighted by Gasteiger charge is 2.15. The molecule has 3 aromatic rings. The van der Waals surface area contributed by atoms with Crippen molar-refractivity contribution in [3.63, 3.8) is 0 Å². The summed E-state index contributed by atoms with van der Waals surface area (Å²) in [4.78, 5) is 28.7. The molecule has 102 valence electrons. The Balaban J connectivity index is 1.79. The molecular weight excluding hydrogens is 300 g/mol. The minimum atomic E-state index is -0.509. The molecule has 0 saturated heterocycles. The van der Waals surface area contributed by atoms with Crippen LogP contribution in [0, 0.1) is 6.92 Å². The van der Waals surface area contributed by atoms with Crippen LogP contribution in [-0.2, 0) is 11.3 Å². The predicted molar refractivity (Wildman–Crippen MR) is 73.1 cm³/mol. The number of hydrogen-bond donors (Lipinski definition) is 0. The maximum absolute atomic E-state index is 11.8. The number of fused-ring (bicyclic) bond motifs is 1. The number of aromatic nitrogens is 4. The molecule has 0 spiro atoms. The Morgan fingerprint density at radius 3 is 3.10 bits per heavy atom. The number of aryl methyl sites for hydroxylation is 1. The molecule has 0 aromatic carbocycles. The molecule has 3 heterocycles. The van der Waals surface area contributed by atoms with E-state index in [4.69, 9.17) is 4.74 Å². The molecule has 3 rings (SSSR count). The van der Waals surface area contributed by atoms with E-state index in [0.29, 0.717) is 21.2 Å². The molecule has 9 heteroatoms. The summed E-state index contributed by atoms with van der Waals surface area (Å²) in [6.07, 6.45) is 1.65. The van der Waals surface area contributed by atoms with E-state index in [1.54, 1.807) is 18.5 Å². The fourth-order valence-electron chi connectivity index (χ4n) is 1.59. The molecule has 0 aliphatic heterocycles. The molecule has 7 nitrogen and oxygen atoms in total. The molecule has 0 unspecified atom stereocenters. The second kappa shape index (κ2) is 5.10. The van der Waals surface area contributed by atoms with Crippen molar-refractivity contribution in [1.29, 1.82) is 0 Å². The summed E-state index contributed by atoms with van der Waals surface area (Å²) < 4.78 is 10.2. The Hall–Kier alpha value is -2.13. The summed E-state index contributed by atoms with van der Waals surface area (Å²) in [6, 6.07) is 1.35. The number of ether oxygens (including phenoxy) is 1. The average molecular weight is 308 g/mol. The van der Waals surface area contributed by atoms with Gasteiger partial charge in [-0.25, -0.2) is 9.78 Å². The molecule has 0 N–H and O–H groups in total. The maximum atomic E-state index is 11.8. The Labute approximate surface area is 120 Å². The zero-order valence-electron chi connectivity index (χ0n) is 10.3. The highest BCUT2D eigenvalue weighted by Crippen LogP contribution is 2.12. The van der Waals surface area contributed by atoms with E-state index < -0.39 is 5.97 Å². The maximum Gasteiger partial charge on any atom is 0.352 e. The molecule has 0 fully saturated rings. The van der Waals surface area contributed by atoms with Crippen LogP contribution in [0.25, 0.3) is 4.96 Å². The molecule has 0 amide bonds. The molecular formula is C11H8N4O3S2. The first-order valence-electron chi connectivity index (χ1n) is 5.57. The molecule has 3 aromatic heterocycles. The van der Waals surface area contributed by atoms with Crippen LogP contribution in [0.4, 0.5) is 0 Å². The lowest BCUT2D eigenvalue weighted by molar-refractivity contribution is 0.0472. The molecule has 0 bridgehead atoms. The number of nitrogens with zero attached hydrogens (tertiary/aromatic N) is 4. The summed E-state index contributed by atoms with van der Waals surface area (Å²) in [5.41, 5.74) is 0.751. The van der Waals surface area contributed by atoms with Crippen molar-refractivity contribution in [3.8, 4) is 0 Å². The van der Waals surface area contributed by atoms with E-state index in [-0.39, 0.29) is 12.2 Å². The average Bonchev–Trinajstić information content (AvgIpc) is 3.04. The van der Waals surface area contributed by atoms with Crippen LogP contribution in [0.3, 0.4) is 0 Å². The molecule has 0 radical (unpaired) electrons. The summed E-state index contributed by atoms with van der Waals surface area (Å²) in [5, 5.41) is 5.51. The number of thiazole rings is 1. The predicted octanol–water partition coefficient (Wildman–Crippen LogP) is 1.27. The number of carbonyl (C=O) groups excluding carboxylic acids is 1. The second-order valence-corrected chi connectivity index (χ2v) is 5.53. The molecule has 20 heavy (non-hydrogen) atoms. The van der Waals surface area contributed by atoms with Crippen molar-refractivity contribution < 1.29 is 9.53 Å². The van der Waals surface area contributed by atoms with Gasteiger partial charge in [0.15, 0.2) is 9.84 Å². The minimum Gasteiger partial charge on any atom is -0.455 e. The van der Waals surface area contributed by atoms with Crippen LogP contribution in [0.1, 0.15) is 21.1 Å². The Bertz CT molecular complexity index is 835. The van der Waals surface area contributed by atoms with Crippen molar-refractivity contribution >= 4 is 33.8 Å². The largest absolute Gasteiger partial charge is 0.455 e. The van der Waals surface area contributed by atoms with E-state index in [9.17, 15) is 9.59 Å². The smallest absolute Gasteiger partial charge is 0.352 e. The molecule has 0 saturated carbocycles. The van der Waals surface area contributed by atoms with Gasteiger partial charge in [0.2, 0.25) is 0 Å². The van der Waals surface area contributed by atoms with Crippen LogP contribution < -0.4 is 5.56 Å². The third-order valence-corrected chi connectivity index (χ3v) is 4.11. The summed E-state index contributed by atoms with van der Waals surface area (Å²) >= 11 is 2.32. The van der Waals surface area contributed by atoms with Crippen molar-refractivity contribution in [2.45, 2.75) is 13.5 Å². The third kappa shape index (κ3) is 2.32. The fraction of sp³-hybridized carbons (Fsp3) is 0.182. The normalized spacial score (nSPS) is 10.8. The van der Waals surface area contributed by atoms with Gasteiger partial charge in [0.25, 0.3) is 5.56 Å². The number of rotatable bonds is 3. The number of esters is 1. The Kier molecular flexibility index (Phi) is 3.28. The topological polar surface area (TPSA) is 86.5 Å². The first-order chi connectivity index (χ1) is 9.65. The lowest BCUT2D eigenvalue weighted by Crippen LogP contribution is -2.14. The van der Waals surface area contributed by atoms with Gasteiger partial charge < -0.3 is 4.74 Å². The zero-order chi connectivity index (χ0) is 14.1. The van der Waals surface area contributed by atoms with Crippen molar-refractivity contribution in [2.75, 3.05) is 0 Å². The highest BCUT2D eigenvalue weighted by molar-refractivity contribution is 7.15. The van der Waals surface area contributed by atoms with Gasteiger partial charge in [0, 0.05) is 17.6 Å². The zero-order valence-corrected chi connectivity index (χ0v) is 11.9. The minimum absolute atomic E-state index is 0.0557. The quantitative estimate of drug-likeness (QED) is 0.677. The highest BCUT2D eigenvalue weighted by atomic mass is 32.1. The van der Waals surface area contributed by atoms with Crippen molar-refractivity contribution in [1.82, 2.24) is 19.0 Å².